The Morgan fingerprint density at radius 3 is 2.12 bits per heavy atom. The van der Waals surface area contributed by atoms with Gasteiger partial charge in [0.2, 0.25) is 5.91 Å². The maximum atomic E-state index is 13.4. The van der Waals surface area contributed by atoms with Crippen molar-refractivity contribution in [2.75, 3.05) is 23.7 Å². The first kappa shape index (κ1) is 29.5. The second kappa shape index (κ2) is 12.8. The molecule has 2 N–H and O–H groups in total. The number of halogens is 3. The quantitative estimate of drug-likeness (QED) is 0.217. The van der Waals surface area contributed by atoms with E-state index in [1.54, 1.807) is 28.9 Å². The minimum atomic E-state index is -0.504. The van der Waals surface area contributed by atoms with Crippen LogP contribution in [0.3, 0.4) is 0 Å². The monoisotopic (exact) mass is 597 g/mol. The van der Waals surface area contributed by atoms with Crippen LogP contribution in [0.1, 0.15) is 32.0 Å². The van der Waals surface area contributed by atoms with Crippen LogP contribution in [0.2, 0.25) is 15.1 Å². The summed E-state index contributed by atoms with van der Waals surface area (Å²) in [6, 6.07) is 23.2. The second-order valence-corrected chi connectivity index (χ2v) is 11.5. The highest BCUT2D eigenvalue weighted by molar-refractivity contribution is 6.39. The number of urea groups is 1. The molecule has 3 amide bonds. The largest absolute Gasteiger partial charge is 0.322 e. The SMILES string of the molecule is CC(C)(C)c1cc(NC(=O)CN(CCc2ccccc2)C(=O)Nc2c(Cl)cccc2Cl)n(-c2ccccc2Cl)n1. The number of hydrogen-bond donors (Lipinski definition) is 2. The van der Waals surface area contributed by atoms with Gasteiger partial charge in [-0.3, -0.25) is 4.79 Å². The van der Waals surface area contributed by atoms with Crippen molar-refractivity contribution in [3.05, 3.63) is 105 Å². The average molecular weight is 599 g/mol. The molecule has 3 aromatic carbocycles. The summed E-state index contributed by atoms with van der Waals surface area (Å²) in [6.07, 6.45) is 0.545. The highest BCUT2D eigenvalue weighted by Crippen LogP contribution is 2.31. The van der Waals surface area contributed by atoms with Crippen molar-refractivity contribution in [1.82, 2.24) is 14.7 Å². The number of para-hydroxylation sites is 2. The minimum Gasteiger partial charge on any atom is -0.315 e. The van der Waals surface area contributed by atoms with Crippen LogP contribution < -0.4 is 10.6 Å². The second-order valence-electron chi connectivity index (χ2n) is 10.3. The lowest BCUT2D eigenvalue weighted by molar-refractivity contribution is -0.116. The van der Waals surface area contributed by atoms with Crippen molar-refractivity contribution >= 4 is 58.2 Å². The van der Waals surface area contributed by atoms with Crippen LogP contribution in [-0.2, 0) is 16.6 Å². The number of hydrogen-bond acceptors (Lipinski definition) is 3. The molecule has 0 unspecified atom stereocenters. The van der Waals surface area contributed by atoms with E-state index in [-0.39, 0.29) is 24.2 Å². The van der Waals surface area contributed by atoms with Gasteiger partial charge in [0.25, 0.3) is 0 Å². The van der Waals surface area contributed by atoms with Crippen molar-refractivity contribution in [1.29, 1.82) is 0 Å². The molecule has 0 spiro atoms. The Labute approximate surface area is 249 Å². The molecule has 7 nitrogen and oxygen atoms in total. The summed E-state index contributed by atoms with van der Waals surface area (Å²) >= 11 is 19.0. The summed E-state index contributed by atoms with van der Waals surface area (Å²) in [5, 5.41) is 11.5. The molecule has 4 aromatic rings. The lowest BCUT2D eigenvalue weighted by atomic mass is 9.92. The number of benzene rings is 3. The van der Waals surface area contributed by atoms with Crippen LogP contribution in [0.5, 0.6) is 0 Å². The fourth-order valence-electron chi connectivity index (χ4n) is 3.96. The smallest absolute Gasteiger partial charge is 0.315 e. The van der Waals surface area contributed by atoms with Crippen molar-refractivity contribution in [3.63, 3.8) is 0 Å². The molecule has 0 aliphatic carbocycles. The number of nitrogens with zero attached hydrogens (tertiary/aromatic N) is 3. The van der Waals surface area contributed by atoms with E-state index in [0.717, 1.165) is 11.3 Å². The van der Waals surface area contributed by atoms with Crippen LogP contribution >= 0.6 is 34.8 Å². The Morgan fingerprint density at radius 2 is 1.48 bits per heavy atom. The molecule has 208 valence electrons. The maximum Gasteiger partial charge on any atom is 0.322 e. The molecule has 4 rings (SSSR count). The van der Waals surface area contributed by atoms with Gasteiger partial charge in [0, 0.05) is 18.0 Å². The zero-order valence-electron chi connectivity index (χ0n) is 22.4. The van der Waals surface area contributed by atoms with Gasteiger partial charge in [-0.2, -0.15) is 5.10 Å². The summed E-state index contributed by atoms with van der Waals surface area (Å²) in [4.78, 5) is 28.2. The van der Waals surface area contributed by atoms with Gasteiger partial charge in [-0.25, -0.2) is 9.48 Å². The van der Waals surface area contributed by atoms with Gasteiger partial charge < -0.3 is 15.5 Å². The Bertz CT molecular complexity index is 1480. The van der Waals surface area contributed by atoms with Gasteiger partial charge in [0.05, 0.1) is 32.1 Å². The zero-order valence-corrected chi connectivity index (χ0v) is 24.7. The molecule has 0 aliphatic rings. The summed E-state index contributed by atoms with van der Waals surface area (Å²) < 4.78 is 1.61. The molecular weight excluding hydrogens is 569 g/mol. The number of carbonyl (C=O) groups excluding carboxylic acids is 2. The molecule has 10 heteroatoms. The number of carbonyl (C=O) groups is 2. The van der Waals surface area contributed by atoms with Crippen molar-refractivity contribution in [2.24, 2.45) is 0 Å². The normalized spacial score (nSPS) is 11.2. The van der Waals surface area contributed by atoms with Gasteiger partial charge in [-0.1, -0.05) is 104 Å². The van der Waals surface area contributed by atoms with Gasteiger partial charge in [-0.15, -0.1) is 0 Å². The third-order valence-electron chi connectivity index (χ3n) is 6.16. The third kappa shape index (κ3) is 7.36. The molecule has 0 atom stereocenters. The maximum absolute atomic E-state index is 13.4. The van der Waals surface area contributed by atoms with Crippen LogP contribution in [0.25, 0.3) is 5.69 Å². The molecule has 0 fully saturated rings. The van der Waals surface area contributed by atoms with Crippen LogP contribution in [-0.4, -0.2) is 39.7 Å². The lowest BCUT2D eigenvalue weighted by Gasteiger charge is -2.23. The first-order chi connectivity index (χ1) is 19.0. The van der Waals surface area contributed by atoms with E-state index in [2.05, 4.69) is 10.6 Å². The molecule has 1 aromatic heterocycles. The molecule has 0 saturated heterocycles. The zero-order chi connectivity index (χ0) is 28.9. The predicted octanol–water partition coefficient (Wildman–Crippen LogP) is 7.85. The summed E-state index contributed by atoms with van der Waals surface area (Å²) in [5.74, 6) is 0.0442. The van der Waals surface area contributed by atoms with Gasteiger partial charge in [-0.05, 0) is 36.2 Å². The van der Waals surface area contributed by atoms with E-state index >= 15 is 0 Å². The highest BCUT2D eigenvalue weighted by atomic mass is 35.5. The average Bonchev–Trinajstić information content (AvgIpc) is 3.33. The van der Waals surface area contributed by atoms with Crippen molar-refractivity contribution in [3.8, 4) is 5.69 Å². The lowest BCUT2D eigenvalue weighted by Crippen LogP contribution is -2.42. The Balaban J connectivity index is 1.58. The molecule has 0 aliphatic heterocycles. The number of aromatic nitrogens is 2. The molecule has 40 heavy (non-hydrogen) atoms. The fraction of sp³-hybridized carbons (Fsp3) is 0.233. The minimum absolute atomic E-state index is 0.223. The topological polar surface area (TPSA) is 79.3 Å². The van der Waals surface area contributed by atoms with E-state index < -0.39 is 11.9 Å². The van der Waals surface area contributed by atoms with E-state index in [9.17, 15) is 9.59 Å². The molecule has 0 saturated carbocycles. The Morgan fingerprint density at radius 1 is 0.850 bits per heavy atom. The standard InChI is InChI=1S/C30H30Cl3N5O2/c1-30(2,3)25-18-26(38(36-25)24-15-8-7-12-21(24)31)34-27(39)19-37(17-16-20-10-5-4-6-11-20)29(40)35-28-22(32)13-9-14-23(28)33/h4-15,18H,16-17,19H2,1-3H3,(H,34,39)(H,35,40). The Kier molecular flexibility index (Phi) is 9.40. The fourth-order valence-corrected chi connectivity index (χ4v) is 4.67. The molecule has 0 radical (unpaired) electrons. The summed E-state index contributed by atoms with van der Waals surface area (Å²) in [6.45, 7) is 6.16. The van der Waals surface area contributed by atoms with Crippen LogP contribution in [0, 0.1) is 0 Å². The van der Waals surface area contributed by atoms with Crippen LogP contribution in [0.4, 0.5) is 16.3 Å². The van der Waals surface area contributed by atoms with E-state index in [4.69, 9.17) is 39.9 Å². The summed E-state index contributed by atoms with van der Waals surface area (Å²) in [7, 11) is 0. The first-order valence-corrected chi connectivity index (χ1v) is 13.9. The molecular formula is C30H30Cl3N5O2. The van der Waals surface area contributed by atoms with E-state index in [1.165, 1.54) is 4.90 Å². The van der Waals surface area contributed by atoms with Crippen molar-refractivity contribution in [2.45, 2.75) is 32.6 Å². The van der Waals surface area contributed by atoms with E-state index in [1.807, 2.05) is 75.4 Å². The predicted molar refractivity (Wildman–Crippen MR) is 163 cm³/mol. The molecule has 0 bridgehead atoms. The van der Waals surface area contributed by atoms with Crippen molar-refractivity contribution < 1.29 is 9.59 Å². The number of anilines is 2. The van der Waals surface area contributed by atoms with Crippen LogP contribution in [0.15, 0.2) is 78.9 Å². The van der Waals surface area contributed by atoms with E-state index in [0.29, 0.717) is 33.0 Å². The van der Waals surface area contributed by atoms with Gasteiger partial charge >= 0.3 is 6.03 Å². The highest BCUT2D eigenvalue weighted by Gasteiger charge is 2.24. The Hall–Kier alpha value is -3.52. The number of nitrogens with one attached hydrogen (secondary N) is 2. The number of amides is 3. The van der Waals surface area contributed by atoms with Gasteiger partial charge in [0.15, 0.2) is 0 Å². The number of rotatable bonds is 8. The molecule has 1 heterocycles. The third-order valence-corrected chi connectivity index (χ3v) is 7.11. The first-order valence-electron chi connectivity index (χ1n) is 12.7. The van der Waals surface area contributed by atoms with Gasteiger partial charge in [0.1, 0.15) is 12.4 Å². The summed E-state index contributed by atoms with van der Waals surface area (Å²) in [5.41, 5.74) is 2.44.